The molecule has 3 N–H and O–H groups in total. The highest BCUT2D eigenvalue weighted by Gasteiger charge is 2.27. The van der Waals surface area contributed by atoms with Gasteiger partial charge in [0.15, 0.2) is 0 Å². The zero-order valence-corrected chi connectivity index (χ0v) is 12.1. The summed E-state index contributed by atoms with van der Waals surface area (Å²) in [5.41, 5.74) is 4.93. The lowest BCUT2D eigenvalue weighted by molar-refractivity contribution is -0.158. The van der Waals surface area contributed by atoms with Gasteiger partial charge >= 0.3 is 5.97 Å². The topological polar surface area (TPSA) is 64.3 Å². The van der Waals surface area contributed by atoms with Crippen molar-refractivity contribution in [2.45, 2.75) is 71.6 Å². The quantitative estimate of drug-likeness (QED) is 0.724. The number of hydrogen-bond acceptors (Lipinski definition) is 4. The van der Waals surface area contributed by atoms with E-state index in [0.717, 1.165) is 6.42 Å². The van der Waals surface area contributed by atoms with Crippen molar-refractivity contribution in [2.75, 3.05) is 6.54 Å². The average molecular weight is 244 g/mol. The second kappa shape index (κ2) is 6.36. The van der Waals surface area contributed by atoms with Gasteiger partial charge in [-0.15, -0.1) is 0 Å². The fourth-order valence-corrected chi connectivity index (χ4v) is 1.47. The predicted octanol–water partition coefficient (Wildman–Crippen LogP) is 1.82. The van der Waals surface area contributed by atoms with Crippen molar-refractivity contribution in [2.24, 2.45) is 5.73 Å². The number of nitrogens with two attached hydrogens (primary N) is 1. The molecule has 0 saturated heterocycles. The molecule has 0 spiro atoms. The second-order valence-electron chi connectivity index (χ2n) is 6.41. The van der Waals surface area contributed by atoms with E-state index in [-0.39, 0.29) is 17.6 Å². The first kappa shape index (κ1) is 16.4. The van der Waals surface area contributed by atoms with Gasteiger partial charge in [0.1, 0.15) is 11.6 Å². The van der Waals surface area contributed by atoms with Crippen molar-refractivity contribution in [3.05, 3.63) is 0 Å². The smallest absolute Gasteiger partial charge is 0.323 e. The molecule has 0 aromatic carbocycles. The summed E-state index contributed by atoms with van der Waals surface area (Å²) in [7, 11) is 0. The maximum atomic E-state index is 12.0. The molecule has 0 aliphatic carbocycles. The summed E-state index contributed by atoms with van der Waals surface area (Å²) in [5, 5.41) is 3.28. The molecule has 0 fully saturated rings. The van der Waals surface area contributed by atoms with E-state index in [4.69, 9.17) is 10.5 Å². The summed E-state index contributed by atoms with van der Waals surface area (Å²) in [6, 6.07) is -0.280. The second-order valence-corrected chi connectivity index (χ2v) is 6.41. The highest BCUT2D eigenvalue weighted by atomic mass is 16.6. The number of esters is 1. The number of ether oxygens (including phenoxy) is 1. The van der Waals surface area contributed by atoms with E-state index >= 15 is 0 Å². The summed E-state index contributed by atoms with van der Waals surface area (Å²) < 4.78 is 5.40. The standard InChI is InChI=1S/C13H28N2O2/c1-12(2,3)15-10(8-7-9-14)11(16)17-13(4,5)6/h10,15H,7-9,14H2,1-6H3. The zero-order chi connectivity index (χ0) is 13.7. The molecule has 0 aromatic rings. The Hall–Kier alpha value is -0.610. The number of hydrogen-bond donors (Lipinski definition) is 2. The van der Waals surface area contributed by atoms with Crippen LogP contribution in [0.15, 0.2) is 0 Å². The molecule has 4 nitrogen and oxygen atoms in total. The van der Waals surface area contributed by atoms with Gasteiger partial charge in [0, 0.05) is 5.54 Å². The van der Waals surface area contributed by atoms with Crippen LogP contribution in [0.25, 0.3) is 0 Å². The Morgan fingerprint density at radius 1 is 1.24 bits per heavy atom. The zero-order valence-electron chi connectivity index (χ0n) is 12.1. The molecule has 0 aliphatic rings. The fourth-order valence-electron chi connectivity index (χ4n) is 1.47. The maximum absolute atomic E-state index is 12.0. The van der Waals surface area contributed by atoms with Gasteiger partial charge in [-0.1, -0.05) is 0 Å². The normalized spacial score (nSPS) is 14.5. The molecule has 1 atom stereocenters. The van der Waals surface area contributed by atoms with Crippen molar-refractivity contribution in [1.29, 1.82) is 0 Å². The molecule has 0 aromatic heterocycles. The summed E-state index contributed by atoms with van der Waals surface area (Å²) in [4.78, 5) is 12.0. The van der Waals surface area contributed by atoms with Crippen molar-refractivity contribution >= 4 is 5.97 Å². The third-order valence-corrected chi connectivity index (χ3v) is 2.00. The van der Waals surface area contributed by atoms with Crippen LogP contribution in [0, 0.1) is 0 Å². The lowest BCUT2D eigenvalue weighted by Gasteiger charge is -2.30. The molecule has 0 bridgehead atoms. The minimum atomic E-state index is -0.447. The first-order valence-electron chi connectivity index (χ1n) is 6.26. The van der Waals surface area contributed by atoms with Crippen LogP contribution in [-0.2, 0) is 9.53 Å². The third kappa shape index (κ3) is 9.12. The first-order chi connectivity index (χ1) is 7.55. The Bertz CT molecular complexity index is 239. The molecule has 102 valence electrons. The lowest BCUT2D eigenvalue weighted by Crippen LogP contribution is -2.49. The SMILES string of the molecule is CC(C)(C)NC(CCCN)C(=O)OC(C)(C)C. The Labute approximate surface area is 105 Å². The van der Waals surface area contributed by atoms with E-state index in [1.807, 2.05) is 41.5 Å². The van der Waals surface area contributed by atoms with E-state index in [2.05, 4.69) is 5.32 Å². The van der Waals surface area contributed by atoms with Crippen molar-refractivity contribution < 1.29 is 9.53 Å². The maximum Gasteiger partial charge on any atom is 0.323 e. The van der Waals surface area contributed by atoms with Crippen molar-refractivity contribution in [1.82, 2.24) is 5.32 Å². The Morgan fingerprint density at radius 2 is 1.76 bits per heavy atom. The molecule has 0 saturated carbocycles. The number of carbonyl (C=O) groups is 1. The van der Waals surface area contributed by atoms with Gasteiger partial charge in [-0.3, -0.25) is 10.1 Å². The number of carbonyl (C=O) groups excluding carboxylic acids is 1. The Balaban J connectivity index is 4.51. The molecule has 0 heterocycles. The van der Waals surface area contributed by atoms with E-state index in [9.17, 15) is 4.79 Å². The van der Waals surface area contributed by atoms with Crippen LogP contribution in [0.1, 0.15) is 54.4 Å². The van der Waals surface area contributed by atoms with Crippen LogP contribution >= 0.6 is 0 Å². The van der Waals surface area contributed by atoms with E-state index < -0.39 is 5.60 Å². The molecule has 1 unspecified atom stereocenters. The third-order valence-electron chi connectivity index (χ3n) is 2.00. The van der Waals surface area contributed by atoms with E-state index in [1.165, 1.54) is 0 Å². The molecule has 4 heteroatoms. The number of rotatable bonds is 5. The van der Waals surface area contributed by atoms with Crippen LogP contribution in [0.2, 0.25) is 0 Å². The van der Waals surface area contributed by atoms with Gasteiger partial charge in [0.05, 0.1) is 0 Å². The van der Waals surface area contributed by atoms with Crippen LogP contribution in [0.3, 0.4) is 0 Å². The summed E-state index contributed by atoms with van der Waals surface area (Å²) in [6.45, 7) is 12.3. The molecular formula is C13H28N2O2. The highest BCUT2D eigenvalue weighted by molar-refractivity contribution is 5.76. The number of nitrogens with one attached hydrogen (secondary N) is 1. The van der Waals surface area contributed by atoms with E-state index in [0.29, 0.717) is 13.0 Å². The van der Waals surface area contributed by atoms with Gasteiger partial charge in [-0.2, -0.15) is 0 Å². The molecule has 0 amide bonds. The van der Waals surface area contributed by atoms with Gasteiger partial charge in [-0.25, -0.2) is 0 Å². The van der Waals surface area contributed by atoms with Gasteiger partial charge < -0.3 is 10.5 Å². The molecule has 0 radical (unpaired) electrons. The summed E-state index contributed by atoms with van der Waals surface area (Å²) in [6.07, 6.45) is 1.52. The van der Waals surface area contributed by atoms with Crippen molar-refractivity contribution in [3.8, 4) is 0 Å². The largest absolute Gasteiger partial charge is 0.459 e. The minimum Gasteiger partial charge on any atom is -0.459 e. The minimum absolute atomic E-state index is 0.115. The Morgan fingerprint density at radius 3 is 2.12 bits per heavy atom. The van der Waals surface area contributed by atoms with Gasteiger partial charge in [0.2, 0.25) is 0 Å². The molecule has 0 rings (SSSR count). The molecule has 17 heavy (non-hydrogen) atoms. The predicted molar refractivity (Wildman–Crippen MR) is 70.8 cm³/mol. The van der Waals surface area contributed by atoms with Crippen LogP contribution < -0.4 is 11.1 Å². The van der Waals surface area contributed by atoms with Crippen LogP contribution in [0.4, 0.5) is 0 Å². The summed E-state index contributed by atoms with van der Waals surface area (Å²) in [5.74, 6) is -0.194. The van der Waals surface area contributed by atoms with Crippen LogP contribution in [-0.4, -0.2) is 29.7 Å². The van der Waals surface area contributed by atoms with Crippen molar-refractivity contribution in [3.63, 3.8) is 0 Å². The summed E-state index contributed by atoms with van der Waals surface area (Å²) >= 11 is 0. The monoisotopic (exact) mass is 244 g/mol. The van der Waals surface area contributed by atoms with Gasteiger partial charge in [-0.05, 0) is 60.9 Å². The molecule has 0 aliphatic heterocycles. The average Bonchev–Trinajstić information content (AvgIpc) is 2.07. The van der Waals surface area contributed by atoms with Crippen LogP contribution in [0.5, 0.6) is 0 Å². The van der Waals surface area contributed by atoms with E-state index in [1.54, 1.807) is 0 Å². The molecular weight excluding hydrogens is 216 g/mol. The highest BCUT2D eigenvalue weighted by Crippen LogP contribution is 2.13. The lowest BCUT2D eigenvalue weighted by atomic mass is 10.0. The first-order valence-corrected chi connectivity index (χ1v) is 6.26. The van der Waals surface area contributed by atoms with Gasteiger partial charge in [0.25, 0.3) is 0 Å². The fraction of sp³-hybridized carbons (Fsp3) is 0.923. The Kier molecular flexibility index (Phi) is 6.13.